The number of para-hydroxylation sites is 1. The molecule has 0 aliphatic carbocycles. The van der Waals surface area contributed by atoms with Crippen LogP contribution in [0, 0.1) is 0 Å². The van der Waals surface area contributed by atoms with E-state index >= 15 is 0 Å². The Morgan fingerprint density at radius 1 is 1.11 bits per heavy atom. The number of quaternary nitrogens is 1. The van der Waals surface area contributed by atoms with Gasteiger partial charge in [-0.15, -0.1) is 11.3 Å². The molecular weight excluding hydrogens is 352 g/mol. The average molecular weight is 378 g/mol. The number of hydrogen-bond acceptors (Lipinski definition) is 2. The van der Waals surface area contributed by atoms with Crippen LogP contribution < -0.4 is 10.2 Å². The summed E-state index contributed by atoms with van der Waals surface area (Å²) in [5.41, 5.74) is 4.95. The van der Waals surface area contributed by atoms with Crippen molar-refractivity contribution in [2.24, 2.45) is 0 Å². The summed E-state index contributed by atoms with van der Waals surface area (Å²) in [5, 5.41) is 4.28. The minimum absolute atomic E-state index is 0.165. The van der Waals surface area contributed by atoms with Crippen molar-refractivity contribution in [2.45, 2.75) is 25.8 Å². The molecule has 1 aliphatic heterocycles. The Morgan fingerprint density at radius 2 is 1.93 bits per heavy atom. The second-order valence-electron chi connectivity index (χ2n) is 6.95. The van der Waals surface area contributed by atoms with E-state index in [-0.39, 0.29) is 11.9 Å². The van der Waals surface area contributed by atoms with Crippen molar-refractivity contribution in [3.63, 3.8) is 0 Å². The zero-order valence-electron chi connectivity index (χ0n) is 15.6. The predicted molar refractivity (Wildman–Crippen MR) is 111 cm³/mol. The number of carbonyl (C=O) groups is 1. The number of thiophene rings is 1. The molecule has 1 aromatic heterocycles. The van der Waals surface area contributed by atoms with Gasteiger partial charge < -0.3 is 10.2 Å². The van der Waals surface area contributed by atoms with Crippen LogP contribution in [0.1, 0.15) is 34.5 Å². The standard InChI is InChI=1S/C23H24N2OS/c1-2-17-9-11-19(12-10-17)23(21-8-5-15-27-21)24-16-22(26)25-14-13-18-6-3-4-7-20(18)25/h3-12,15,23-24H,2,13-14,16H2,1H3/p+1/t23-/m0/s1. The largest absolute Gasteiger partial charge is 0.328 e. The van der Waals surface area contributed by atoms with Gasteiger partial charge in [-0.3, -0.25) is 4.79 Å². The number of hydrogen-bond donors (Lipinski definition) is 1. The molecular formula is C23H25N2OS+. The van der Waals surface area contributed by atoms with Gasteiger partial charge in [0.05, 0.1) is 4.88 Å². The van der Waals surface area contributed by atoms with Crippen molar-refractivity contribution in [1.29, 1.82) is 0 Å². The van der Waals surface area contributed by atoms with E-state index in [2.05, 4.69) is 66.2 Å². The van der Waals surface area contributed by atoms with E-state index in [1.807, 2.05) is 17.0 Å². The summed E-state index contributed by atoms with van der Waals surface area (Å²) >= 11 is 1.75. The van der Waals surface area contributed by atoms with Gasteiger partial charge in [-0.05, 0) is 41.5 Å². The van der Waals surface area contributed by atoms with E-state index in [4.69, 9.17) is 0 Å². The van der Waals surface area contributed by atoms with Gasteiger partial charge in [-0.25, -0.2) is 0 Å². The molecule has 0 fully saturated rings. The Morgan fingerprint density at radius 3 is 2.67 bits per heavy atom. The number of rotatable bonds is 6. The molecule has 1 aliphatic rings. The van der Waals surface area contributed by atoms with Crippen molar-refractivity contribution in [3.05, 3.63) is 87.6 Å². The number of fused-ring (bicyclic) bond motifs is 1. The minimum Gasteiger partial charge on any atom is -0.328 e. The molecule has 0 radical (unpaired) electrons. The van der Waals surface area contributed by atoms with E-state index in [1.165, 1.54) is 21.6 Å². The second-order valence-corrected chi connectivity index (χ2v) is 7.93. The Kier molecular flexibility index (Phi) is 5.37. The smallest absolute Gasteiger partial charge is 0.282 e. The Labute approximate surface area is 164 Å². The van der Waals surface area contributed by atoms with Crippen LogP contribution in [-0.4, -0.2) is 19.0 Å². The molecule has 2 aromatic carbocycles. The molecule has 2 heterocycles. The summed E-state index contributed by atoms with van der Waals surface area (Å²) in [5.74, 6) is 0.187. The van der Waals surface area contributed by atoms with Gasteiger partial charge in [0.2, 0.25) is 0 Å². The first-order valence-corrected chi connectivity index (χ1v) is 10.5. The Bertz CT molecular complexity index is 902. The molecule has 0 saturated carbocycles. The fraction of sp³-hybridized carbons (Fsp3) is 0.261. The maximum absolute atomic E-state index is 12.9. The summed E-state index contributed by atoms with van der Waals surface area (Å²) in [6.45, 7) is 3.41. The number of aryl methyl sites for hydroxylation is 1. The topological polar surface area (TPSA) is 36.9 Å². The molecule has 138 valence electrons. The average Bonchev–Trinajstić information content (AvgIpc) is 3.38. The maximum atomic E-state index is 12.9. The van der Waals surface area contributed by atoms with Gasteiger partial charge in [0.25, 0.3) is 5.91 Å². The number of amides is 1. The molecule has 1 atom stereocenters. The molecule has 3 aromatic rings. The van der Waals surface area contributed by atoms with Crippen LogP contribution in [0.25, 0.3) is 0 Å². The van der Waals surface area contributed by atoms with Crippen LogP contribution in [0.2, 0.25) is 0 Å². The van der Waals surface area contributed by atoms with E-state index in [0.29, 0.717) is 6.54 Å². The fourth-order valence-electron chi connectivity index (χ4n) is 3.77. The monoisotopic (exact) mass is 377 g/mol. The van der Waals surface area contributed by atoms with Crippen LogP contribution >= 0.6 is 11.3 Å². The van der Waals surface area contributed by atoms with Crippen LogP contribution in [0.15, 0.2) is 66.0 Å². The number of nitrogens with two attached hydrogens (primary N) is 1. The number of carbonyl (C=O) groups excluding carboxylic acids is 1. The van der Waals surface area contributed by atoms with Crippen LogP contribution in [0.5, 0.6) is 0 Å². The van der Waals surface area contributed by atoms with Crippen LogP contribution in [-0.2, 0) is 17.6 Å². The highest BCUT2D eigenvalue weighted by Gasteiger charge is 2.27. The van der Waals surface area contributed by atoms with E-state index in [1.54, 1.807) is 11.3 Å². The molecule has 0 spiro atoms. The number of anilines is 1. The summed E-state index contributed by atoms with van der Waals surface area (Å²) in [4.78, 5) is 16.1. The molecule has 0 unspecified atom stereocenters. The Balaban J connectivity index is 1.50. The van der Waals surface area contributed by atoms with E-state index < -0.39 is 0 Å². The lowest BCUT2D eigenvalue weighted by atomic mass is 10.0. The first kappa shape index (κ1) is 18.0. The molecule has 3 nitrogen and oxygen atoms in total. The summed E-state index contributed by atoms with van der Waals surface area (Å²) < 4.78 is 0. The third-order valence-corrected chi connectivity index (χ3v) is 6.27. The zero-order valence-corrected chi connectivity index (χ0v) is 16.4. The van der Waals surface area contributed by atoms with E-state index in [9.17, 15) is 4.79 Å². The lowest BCUT2D eigenvalue weighted by molar-refractivity contribution is -0.676. The van der Waals surface area contributed by atoms with Crippen molar-refractivity contribution in [1.82, 2.24) is 0 Å². The molecule has 27 heavy (non-hydrogen) atoms. The quantitative estimate of drug-likeness (QED) is 0.701. The maximum Gasteiger partial charge on any atom is 0.282 e. The lowest BCUT2D eigenvalue weighted by Gasteiger charge is -2.19. The van der Waals surface area contributed by atoms with E-state index in [0.717, 1.165) is 25.1 Å². The van der Waals surface area contributed by atoms with Crippen molar-refractivity contribution < 1.29 is 10.1 Å². The normalized spacial score (nSPS) is 14.2. The summed E-state index contributed by atoms with van der Waals surface area (Å²) in [6.07, 6.45) is 2.00. The molecule has 4 rings (SSSR count). The first-order valence-electron chi connectivity index (χ1n) is 9.60. The highest BCUT2D eigenvalue weighted by atomic mass is 32.1. The molecule has 2 N–H and O–H groups in total. The Hall–Kier alpha value is -2.43. The zero-order chi connectivity index (χ0) is 18.6. The third-order valence-electron chi connectivity index (χ3n) is 5.31. The van der Waals surface area contributed by atoms with Crippen LogP contribution in [0.4, 0.5) is 5.69 Å². The fourth-order valence-corrected chi connectivity index (χ4v) is 4.62. The number of nitrogens with zero attached hydrogens (tertiary/aromatic N) is 1. The van der Waals surface area contributed by atoms with Gasteiger partial charge in [0.15, 0.2) is 6.54 Å². The molecule has 1 amide bonds. The summed E-state index contributed by atoms with van der Waals surface area (Å²) in [7, 11) is 0. The highest BCUT2D eigenvalue weighted by Crippen LogP contribution is 2.27. The predicted octanol–water partition coefficient (Wildman–Crippen LogP) is 3.55. The third kappa shape index (κ3) is 3.82. The second kappa shape index (κ2) is 8.07. The van der Waals surface area contributed by atoms with Crippen LogP contribution in [0.3, 0.4) is 0 Å². The highest BCUT2D eigenvalue weighted by molar-refractivity contribution is 7.10. The van der Waals surface area contributed by atoms with Gasteiger partial charge in [-0.1, -0.05) is 55.5 Å². The molecule has 4 heteroatoms. The van der Waals surface area contributed by atoms with Gasteiger partial charge in [-0.2, -0.15) is 0 Å². The summed E-state index contributed by atoms with van der Waals surface area (Å²) in [6, 6.07) is 21.4. The van der Waals surface area contributed by atoms with Crippen molar-refractivity contribution in [2.75, 3.05) is 18.0 Å². The molecule has 0 bridgehead atoms. The molecule has 0 saturated heterocycles. The SMILES string of the molecule is CCc1ccc([C@H]([NH2+]CC(=O)N2CCc3ccccc32)c2cccs2)cc1. The number of benzene rings is 2. The lowest BCUT2D eigenvalue weighted by Crippen LogP contribution is -2.87. The first-order chi connectivity index (χ1) is 13.3. The minimum atomic E-state index is 0.165. The van der Waals surface area contributed by atoms with Crippen molar-refractivity contribution >= 4 is 22.9 Å². The van der Waals surface area contributed by atoms with Crippen molar-refractivity contribution in [3.8, 4) is 0 Å². The van der Waals surface area contributed by atoms with Gasteiger partial charge in [0.1, 0.15) is 6.04 Å². The van der Waals surface area contributed by atoms with Gasteiger partial charge >= 0.3 is 0 Å². The van der Waals surface area contributed by atoms with Gasteiger partial charge in [0, 0.05) is 17.8 Å².